The Balaban J connectivity index is 0.000000154. The van der Waals surface area contributed by atoms with E-state index in [9.17, 15) is 0 Å². The molecule has 0 saturated carbocycles. The summed E-state index contributed by atoms with van der Waals surface area (Å²) in [5.74, 6) is 1.94. The number of para-hydroxylation sites is 1. The number of aryl methyl sites for hydroxylation is 1. The molecular formula is C24H31BrN2S. The van der Waals surface area contributed by atoms with Crippen molar-refractivity contribution in [3.8, 4) is 0 Å². The lowest BCUT2D eigenvalue weighted by Gasteiger charge is -2.45. The van der Waals surface area contributed by atoms with E-state index < -0.39 is 0 Å². The van der Waals surface area contributed by atoms with Gasteiger partial charge in [0.2, 0.25) is 0 Å². The van der Waals surface area contributed by atoms with Crippen LogP contribution in [0.25, 0.3) is 10.2 Å². The van der Waals surface area contributed by atoms with Crippen molar-refractivity contribution in [2.45, 2.75) is 40.0 Å². The van der Waals surface area contributed by atoms with E-state index in [4.69, 9.17) is 0 Å². The van der Waals surface area contributed by atoms with Crippen LogP contribution in [0, 0.1) is 18.8 Å². The van der Waals surface area contributed by atoms with Crippen molar-refractivity contribution < 1.29 is 0 Å². The molecule has 2 nitrogen and oxygen atoms in total. The van der Waals surface area contributed by atoms with E-state index in [1.54, 1.807) is 11.3 Å². The van der Waals surface area contributed by atoms with Crippen LogP contribution in [-0.2, 0) is 6.42 Å². The predicted molar refractivity (Wildman–Crippen MR) is 126 cm³/mol. The Labute approximate surface area is 182 Å². The molecule has 1 atom stereocenters. The van der Waals surface area contributed by atoms with Gasteiger partial charge >= 0.3 is 0 Å². The van der Waals surface area contributed by atoms with Gasteiger partial charge in [0.15, 0.2) is 0 Å². The second-order valence-corrected chi connectivity index (χ2v) is 9.50. The lowest BCUT2D eigenvalue weighted by Crippen LogP contribution is -2.48. The first-order valence-corrected chi connectivity index (χ1v) is 12.1. The molecule has 28 heavy (non-hydrogen) atoms. The molecule has 0 aliphatic carbocycles. The van der Waals surface area contributed by atoms with Crippen LogP contribution in [0.3, 0.4) is 0 Å². The molecule has 1 aromatic heterocycles. The molecule has 4 heterocycles. The first-order valence-electron chi connectivity index (χ1n) is 10.5. The van der Waals surface area contributed by atoms with Gasteiger partial charge in [0, 0.05) is 11.0 Å². The molecule has 0 amide bonds. The summed E-state index contributed by atoms with van der Waals surface area (Å²) in [5, 5.41) is 1.12. The van der Waals surface area contributed by atoms with Gasteiger partial charge in [-0.15, -0.1) is 11.3 Å². The number of hydrogen-bond donors (Lipinski definition) is 0. The van der Waals surface area contributed by atoms with E-state index in [1.165, 1.54) is 49.2 Å². The van der Waals surface area contributed by atoms with Gasteiger partial charge in [0.05, 0.1) is 15.2 Å². The lowest BCUT2D eigenvalue weighted by atomic mass is 9.76. The zero-order valence-electron chi connectivity index (χ0n) is 17.2. The first-order chi connectivity index (χ1) is 13.7. The van der Waals surface area contributed by atoms with Crippen LogP contribution in [0.15, 0.2) is 53.0 Å². The minimum atomic E-state index is 0.926. The van der Waals surface area contributed by atoms with Crippen molar-refractivity contribution in [3.05, 3.63) is 63.6 Å². The largest absolute Gasteiger partial charge is 0.303 e. The minimum absolute atomic E-state index is 0.926. The molecule has 3 aromatic rings. The first kappa shape index (κ1) is 21.5. The third kappa shape index (κ3) is 5.43. The third-order valence-electron chi connectivity index (χ3n) is 5.61. The van der Waals surface area contributed by atoms with Crippen molar-refractivity contribution in [3.63, 3.8) is 0 Å². The Kier molecular flexibility index (Phi) is 8.07. The summed E-state index contributed by atoms with van der Waals surface area (Å²) in [6, 6.07) is 17.1. The Morgan fingerprint density at radius 1 is 1.04 bits per heavy atom. The highest BCUT2D eigenvalue weighted by Crippen LogP contribution is 2.34. The standard InChI is InChI=1S/C14H19N.C8H6BrNS.C2H6/c1-2-4-12(5-3-1)10-14-11-15-8-6-13(14)7-9-15;1-5-10-8-6(9)3-2-4-7(8)11-5;1-2/h1-5,13-14H,6-11H2;2-4H,1H3;1-2H3/t14-;;/m0../s1. The van der Waals surface area contributed by atoms with Crippen LogP contribution >= 0.6 is 27.3 Å². The second kappa shape index (κ2) is 10.5. The Bertz CT molecular complexity index is 853. The molecule has 3 aliphatic rings. The van der Waals surface area contributed by atoms with E-state index in [-0.39, 0.29) is 0 Å². The van der Waals surface area contributed by atoms with Gasteiger partial charge in [-0.2, -0.15) is 0 Å². The molecule has 3 fully saturated rings. The van der Waals surface area contributed by atoms with E-state index in [2.05, 4.69) is 62.2 Å². The fourth-order valence-electron chi connectivity index (χ4n) is 4.26. The highest BCUT2D eigenvalue weighted by Gasteiger charge is 2.33. The zero-order chi connectivity index (χ0) is 19.9. The number of hydrogen-bond acceptors (Lipinski definition) is 3. The quantitative estimate of drug-likeness (QED) is 0.412. The van der Waals surface area contributed by atoms with Crippen LogP contribution < -0.4 is 0 Å². The fourth-order valence-corrected chi connectivity index (χ4v) is 5.70. The number of piperidine rings is 3. The van der Waals surface area contributed by atoms with Gasteiger partial charge in [0.25, 0.3) is 0 Å². The minimum Gasteiger partial charge on any atom is -0.303 e. The molecule has 0 radical (unpaired) electrons. The van der Waals surface area contributed by atoms with Gasteiger partial charge in [0.1, 0.15) is 0 Å². The molecule has 2 aromatic carbocycles. The monoisotopic (exact) mass is 458 g/mol. The van der Waals surface area contributed by atoms with Gasteiger partial charge in [-0.05, 0) is 84.7 Å². The summed E-state index contributed by atoms with van der Waals surface area (Å²) in [4.78, 5) is 7.03. The predicted octanol–water partition coefficient (Wildman–Crippen LogP) is 6.96. The SMILES string of the molecule is CC.Cc1nc2c(Br)cccc2s1.c1ccc(C[C@H]2CN3CCC2CC3)cc1. The molecule has 4 heteroatoms. The van der Waals surface area contributed by atoms with Gasteiger partial charge < -0.3 is 4.90 Å². The number of rotatable bonds is 2. The topological polar surface area (TPSA) is 16.1 Å². The van der Waals surface area contributed by atoms with Crippen LogP contribution in [0.2, 0.25) is 0 Å². The van der Waals surface area contributed by atoms with E-state index in [0.717, 1.165) is 26.8 Å². The maximum absolute atomic E-state index is 4.38. The van der Waals surface area contributed by atoms with Gasteiger partial charge in [-0.1, -0.05) is 50.2 Å². The molecular weight excluding hydrogens is 428 g/mol. The van der Waals surface area contributed by atoms with E-state index >= 15 is 0 Å². The molecule has 0 N–H and O–H groups in total. The highest BCUT2D eigenvalue weighted by molar-refractivity contribution is 9.10. The zero-order valence-corrected chi connectivity index (χ0v) is 19.6. The number of aromatic nitrogens is 1. The van der Waals surface area contributed by atoms with Gasteiger partial charge in [-0.3, -0.25) is 0 Å². The molecule has 0 unspecified atom stereocenters. The molecule has 0 spiro atoms. The average Bonchev–Trinajstić information content (AvgIpc) is 3.14. The maximum atomic E-state index is 4.38. The number of thiazole rings is 1. The van der Waals surface area contributed by atoms with Crippen LogP contribution in [0.4, 0.5) is 0 Å². The highest BCUT2D eigenvalue weighted by atomic mass is 79.9. The molecule has 2 bridgehead atoms. The third-order valence-corrected chi connectivity index (χ3v) is 7.18. The molecule has 3 saturated heterocycles. The number of benzene rings is 2. The summed E-state index contributed by atoms with van der Waals surface area (Å²) in [5.41, 5.74) is 2.60. The van der Waals surface area contributed by atoms with Crippen LogP contribution in [-0.4, -0.2) is 29.5 Å². The van der Waals surface area contributed by atoms with Crippen molar-refractivity contribution in [2.24, 2.45) is 11.8 Å². The average molecular weight is 459 g/mol. The fraction of sp³-hybridized carbons (Fsp3) is 0.458. The van der Waals surface area contributed by atoms with Crippen molar-refractivity contribution in [1.82, 2.24) is 9.88 Å². The summed E-state index contributed by atoms with van der Waals surface area (Å²) in [6.07, 6.45) is 4.18. The smallest absolute Gasteiger partial charge is 0.0957 e. The van der Waals surface area contributed by atoms with Gasteiger partial charge in [-0.25, -0.2) is 4.98 Å². The van der Waals surface area contributed by atoms with Crippen molar-refractivity contribution in [1.29, 1.82) is 0 Å². The normalized spacial score (nSPS) is 22.8. The van der Waals surface area contributed by atoms with E-state index in [0.29, 0.717) is 0 Å². The summed E-state index contributed by atoms with van der Waals surface area (Å²) >= 11 is 5.18. The number of nitrogens with zero attached hydrogens (tertiary/aromatic N) is 2. The molecule has 6 rings (SSSR count). The summed E-state index contributed by atoms with van der Waals surface area (Å²) in [6.45, 7) is 10.1. The number of fused-ring (bicyclic) bond motifs is 4. The number of halogens is 1. The molecule has 150 valence electrons. The molecule has 3 aliphatic heterocycles. The van der Waals surface area contributed by atoms with Crippen molar-refractivity contribution >= 4 is 37.5 Å². The second-order valence-electron chi connectivity index (χ2n) is 7.41. The lowest BCUT2D eigenvalue weighted by molar-refractivity contribution is 0.0512. The van der Waals surface area contributed by atoms with E-state index in [1.807, 2.05) is 32.9 Å². The summed E-state index contributed by atoms with van der Waals surface area (Å²) in [7, 11) is 0. The van der Waals surface area contributed by atoms with Crippen molar-refractivity contribution in [2.75, 3.05) is 19.6 Å². The van der Waals surface area contributed by atoms with Crippen LogP contribution in [0.5, 0.6) is 0 Å². The Morgan fingerprint density at radius 2 is 1.75 bits per heavy atom. The Hall–Kier alpha value is -1.23. The summed E-state index contributed by atoms with van der Waals surface area (Å²) < 4.78 is 2.33. The maximum Gasteiger partial charge on any atom is 0.0957 e. The Morgan fingerprint density at radius 3 is 2.36 bits per heavy atom. The van der Waals surface area contributed by atoms with Crippen LogP contribution in [0.1, 0.15) is 37.3 Å².